The number of nitrogens with one attached hydrogen (secondary N) is 1. The molecule has 7 heteroatoms. The van der Waals surface area contributed by atoms with Crippen molar-refractivity contribution in [2.45, 2.75) is 6.92 Å². The first-order valence-corrected chi connectivity index (χ1v) is 8.51. The molecule has 5 nitrogen and oxygen atoms in total. The molecule has 1 N–H and O–H groups in total. The van der Waals surface area contributed by atoms with Crippen LogP contribution in [-0.4, -0.2) is 19.5 Å². The van der Waals surface area contributed by atoms with Gasteiger partial charge in [-0.3, -0.25) is 4.79 Å². The molecule has 1 aromatic carbocycles. The van der Waals surface area contributed by atoms with Crippen molar-refractivity contribution in [3.63, 3.8) is 0 Å². The zero-order chi connectivity index (χ0) is 16.8. The van der Waals surface area contributed by atoms with Crippen molar-refractivity contribution in [3.05, 3.63) is 56.9 Å². The van der Waals surface area contributed by atoms with E-state index in [0.29, 0.717) is 26.9 Å². The lowest BCUT2D eigenvalue weighted by Crippen LogP contribution is -2.09. The summed E-state index contributed by atoms with van der Waals surface area (Å²) in [6.45, 7) is 1.98. The van der Waals surface area contributed by atoms with Gasteiger partial charge in [-0.25, -0.2) is 9.97 Å². The Morgan fingerprint density at radius 2 is 2.08 bits per heavy atom. The Kier molecular flexibility index (Phi) is 3.51. The van der Waals surface area contributed by atoms with E-state index in [1.54, 1.807) is 6.20 Å². The zero-order valence-electron chi connectivity index (χ0n) is 13.0. The number of halogens is 1. The lowest BCUT2D eigenvalue weighted by atomic mass is 10.1. The average Bonchev–Trinajstić information content (AvgIpc) is 3.11. The SMILES string of the molecule is Cc1sc2c(=O)[nH]c(-c3nccn3C)nc2c1-c1ccccc1Cl. The van der Waals surface area contributed by atoms with Crippen LogP contribution in [0.5, 0.6) is 0 Å². The van der Waals surface area contributed by atoms with Crippen LogP contribution in [0, 0.1) is 6.92 Å². The quantitative estimate of drug-likeness (QED) is 0.590. The first kappa shape index (κ1) is 15.1. The largest absolute Gasteiger partial charge is 0.331 e. The Morgan fingerprint density at radius 1 is 1.29 bits per heavy atom. The summed E-state index contributed by atoms with van der Waals surface area (Å²) in [5.74, 6) is 1.06. The van der Waals surface area contributed by atoms with Gasteiger partial charge in [-0.05, 0) is 13.0 Å². The zero-order valence-corrected chi connectivity index (χ0v) is 14.6. The Hall–Kier alpha value is -2.44. The van der Waals surface area contributed by atoms with Gasteiger partial charge >= 0.3 is 0 Å². The third-order valence-electron chi connectivity index (χ3n) is 3.90. The summed E-state index contributed by atoms with van der Waals surface area (Å²) in [5, 5.41) is 0.640. The van der Waals surface area contributed by atoms with Gasteiger partial charge < -0.3 is 9.55 Å². The second-order valence-corrected chi connectivity index (χ2v) is 7.10. The third kappa shape index (κ3) is 2.26. The minimum atomic E-state index is -0.163. The smallest absolute Gasteiger partial charge is 0.269 e. The Labute approximate surface area is 146 Å². The van der Waals surface area contributed by atoms with Gasteiger partial charge in [0.2, 0.25) is 0 Å². The molecule has 0 saturated heterocycles. The van der Waals surface area contributed by atoms with Crippen molar-refractivity contribution >= 4 is 33.2 Å². The summed E-state index contributed by atoms with van der Waals surface area (Å²) in [6, 6.07) is 7.60. The molecule has 3 heterocycles. The van der Waals surface area contributed by atoms with E-state index in [1.165, 1.54) is 11.3 Å². The third-order valence-corrected chi connectivity index (χ3v) is 5.32. The summed E-state index contributed by atoms with van der Waals surface area (Å²) in [4.78, 5) is 25.3. The summed E-state index contributed by atoms with van der Waals surface area (Å²) in [5.41, 5.74) is 2.28. The highest BCUT2D eigenvalue weighted by atomic mass is 35.5. The molecule has 0 spiro atoms. The number of aromatic nitrogens is 4. The fourth-order valence-corrected chi connectivity index (χ4v) is 4.01. The topological polar surface area (TPSA) is 63.6 Å². The number of aryl methyl sites for hydroxylation is 2. The van der Waals surface area contributed by atoms with Crippen molar-refractivity contribution < 1.29 is 0 Å². The molecule has 0 aliphatic rings. The van der Waals surface area contributed by atoms with E-state index < -0.39 is 0 Å². The molecule has 0 bridgehead atoms. The van der Waals surface area contributed by atoms with Crippen molar-refractivity contribution in [3.8, 4) is 22.8 Å². The second-order valence-electron chi connectivity index (χ2n) is 5.47. The molecular weight excluding hydrogens is 344 g/mol. The molecule has 4 aromatic rings. The van der Waals surface area contributed by atoms with Crippen molar-refractivity contribution in [2.24, 2.45) is 7.05 Å². The standard InChI is InChI=1S/C17H13ClN4OS/c1-9-12(10-5-3-4-6-11(10)18)13-14(24-9)17(23)21-15(20-13)16-19-7-8-22(16)2/h3-8H,1-2H3,(H,20,21,23). The molecule has 0 amide bonds. The Morgan fingerprint density at radius 3 is 2.79 bits per heavy atom. The maximum absolute atomic E-state index is 12.5. The number of imidazole rings is 1. The van der Waals surface area contributed by atoms with E-state index in [9.17, 15) is 4.79 Å². The minimum Gasteiger partial charge on any atom is -0.331 e. The molecule has 0 fully saturated rings. The minimum absolute atomic E-state index is 0.163. The molecule has 24 heavy (non-hydrogen) atoms. The van der Waals surface area contributed by atoms with Crippen LogP contribution in [0.3, 0.4) is 0 Å². The summed E-state index contributed by atoms with van der Waals surface area (Å²) < 4.78 is 2.42. The molecule has 0 atom stereocenters. The maximum Gasteiger partial charge on any atom is 0.269 e. The van der Waals surface area contributed by atoms with Gasteiger partial charge in [0.1, 0.15) is 4.70 Å². The van der Waals surface area contributed by atoms with Crippen LogP contribution in [0.2, 0.25) is 5.02 Å². The monoisotopic (exact) mass is 356 g/mol. The van der Waals surface area contributed by atoms with Crippen LogP contribution in [0.4, 0.5) is 0 Å². The van der Waals surface area contributed by atoms with E-state index in [2.05, 4.69) is 9.97 Å². The first-order chi connectivity index (χ1) is 11.6. The summed E-state index contributed by atoms with van der Waals surface area (Å²) >= 11 is 7.79. The van der Waals surface area contributed by atoms with Crippen LogP contribution >= 0.6 is 22.9 Å². The van der Waals surface area contributed by atoms with Gasteiger partial charge in [0.05, 0.1) is 5.52 Å². The van der Waals surface area contributed by atoms with Gasteiger partial charge in [-0.1, -0.05) is 29.8 Å². The Bertz CT molecular complexity index is 1130. The number of benzene rings is 1. The normalized spacial score (nSPS) is 11.3. The van der Waals surface area contributed by atoms with Crippen molar-refractivity contribution in [1.82, 2.24) is 19.5 Å². The van der Waals surface area contributed by atoms with Crippen LogP contribution in [0.15, 0.2) is 41.5 Å². The highest BCUT2D eigenvalue weighted by Gasteiger charge is 2.19. The predicted molar refractivity (Wildman–Crippen MR) is 97.6 cm³/mol. The van der Waals surface area contributed by atoms with Gasteiger partial charge in [-0.15, -0.1) is 11.3 Å². The molecular formula is C17H13ClN4OS. The van der Waals surface area contributed by atoms with Crippen molar-refractivity contribution in [1.29, 1.82) is 0 Å². The number of thiophene rings is 1. The molecule has 0 radical (unpaired) electrons. The van der Waals surface area contributed by atoms with Gasteiger partial charge in [0.15, 0.2) is 11.6 Å². The molecule has 4 rings (SSSR count). The number of fused-ring (bicyclic) bond motifs is 1. The van der Waals surface area contributed by atoms with E-state index in [0.717, 1.165) is 16.0 Å². The van der Waals surface area contributed by atoms with E-state index in [1.807, 2.05) is 49.0 Å². The molecule has 0 saturated carbocycles. The summed E-state index contributed by atoms with van der Waals surface area (Å²) in [7, 11) is 1.86. The van der Waals surface area contributed by atoms with E-state index in [-0.39, 0.29) is 5.56 Å². The van der Waals surface area contributed by atoms with Crippen LogP contribution in [-0.2, 0) is 7.05 Å². The first-order valence-electron chi connectivity index (χ1n) is 7.32. The lowest BCUT2D eigenvalue weighted by Gasteiger charge is -2.05. The lowest BCUT2D eigenvalue weighted by molar-refractivity contribution is 0.907. The fraction of sp³-hybridized carbons (Fsp3) is 0.118. The second kappa shape index (κ2) is 5.58. The molecule has 120 valence electrons. The number of rotatable bonds is 2. The Balaban J connectivity index is 2.07. The van der Waals surface area contributed by atoms with Crippen LogP contribution in [0.25, 0.3) is 33.0 Å². The van der Waals surface area contributed by atoms with E-state index in [4.69, 9.17) is 16.6 Å². The number of aromatic amines is 1. The van der Waals surface area contributed by atoms with Gasteiger partial charge in [0, 0.05) is 40.5 Å². The molecule has 0 unspecified atom stereocenters. The van der Waals surface area contributed by atoms with Gasteiger partial charge in [0.25, 0.3) is 5.56 Å². The molecule has 3 aromatic heterocycles. The van der Waals surface area contributed by atoms with Crippen LogP contribution < -0.4 is 5.56 Å². The molecule has 0 aliphatic heterocycles. The van der Waals surface area contributed by atoms with Crippen LogP contribution in [0.1, 0.15) is 4.88 Å². The molecule has 0 aliphatic carbocycles. The number of nitrogens with zero attached hydrogens (tertiary/aromatic N) is 3. The number of hydrogen-bond acceptors (Lipinski definition) is 4. The number of hydrogen-bond donors (Lipinski definition) is 1. The van der Waals surface area contributed by atoms with Crippen molar-refractivity contribution in [2.75, 3.05) is 0 Å². The number of H-pyrrole nitrogens is 1. The summed E-state index contributed by atoms with van der Waals surface area (Å²) in [6.07, 6.45) is 3.49. The fourth-order valence-electron chi connectivity index (χ4n) is 2.78. The highest BCUT2D eigenvalue weighted by molar-refractivity contribution is 7.19. The average molecular weight is 357 g/mol. The maximum atomic E-state index is 12.5. The van der Waals surface area contributed by atoms with E-state index >= 15 is 0 Å². The highest BCUT2D eigenvalue weighted by Crippen LogP contribution is 2.39. The van der Waals surface area contributed by atoms with Gasteiger partial charge in [-0.2, -0.15) is 0 Å². The predicted octanol–water partition coefficient (Wildman–Crippen LogP) is 4.01.